The normalized spacial score (nSPS) is 16.6. The Morgan fingerprint density at radius 3 is 2.20 bits per heavy atom. The summed E-state index contributed by atoms with van der Waals surface area (Å²) in [5, 5.41) is 40.0. The van der Waals surface area contributed by atoms with E-state index >= 15 is 0 Å². The number of benzene rings is 1. The third kappa shape index (κ3) is 5.54. The maximum atomic E-state index is 10.9. The first kappa shape index (κ1) is 19.0. The van der Waals surface area contributed by atoms with Crippen molar-refractivity contribution in [2.24, 2.45) is 0 Å². The van der Waals surface area contributed by atoms with Crippen LogP contribution in [0.15, 0.2) is 30.3 Å². The number of nitrogens with one attached hydrogen (secondary N) is 1. The van der Waals surface area contributed by atoms with Crippen LogP contribution < -0.4 is 5.32 Å². The van der Waals surface area contributed by atoms with Crippen molar-refractivity contribution in [1.29, 1.82) is 0 Å². The third-order valence-corrected chi connectivity index (χ3v) is 2.83. The van der Waals surface area contributed by atoms with Crippen LogP contribution in [-0.4, -0.2) is 57.7 Å². The first-order valence-electron chi connectivity index (χ1n) is 5.97. The minimum absolute atomic E-state index is 0. The van der Waals surface area contributed by atoms with E-state index in [0.717, 1.165) is 5.56 Å². The minimum atomic E-state index is -1.59. The quantitative estimate of drug-likeness (QED) is 0.388. The van der Waals surface area contributed by atoms with Crippen molar-refractivity contribution in [3.63, 3.8) is 0 Å². The largest absolute Gasteiger partial charge is 0.394 e. The second kappa shape index (κ2) is 9.82. The van der Waals surface area contributed by atoms with Crippen LogP contribution in [-0.2, 0) is 11.3 Å². The van der Waals surface area contributed by atoms with Gasteiger partial charge >= 0.3 is 0 Å². The number of aliphatic hydroxyl groups excluding tert-OH is 4. The summed E-state index contributed by atoms with van der Waals surface area (Å²) in [6, 6.07) is 8.20. The third-order valence-electron chi connectivity index (χ3n) is 2.83. The van der Waals surface area contributed by atoms with Gasteiger partial charge in [-0.2, -0.15) is 0 Å². The lowest BCUT2D eigenvalue weighted by Crippen LogP contribution is -2.51. The lowest BCUT2D eigenvalue weighted by atomic mass is 10.0. The van der Waals surface area contributed by atoms with E-state index in [2.05, 4.69) is 5.32 Å². The summed E-state index contributed by atoms with van der Waals surface area (Å²) >= 11 is 0. The zero-order valence-corrected chi connectivity index (χ0v) is 11.6. The molecule has 7 heteroatoms. The average molecular weight is 306 g/mol. The van der Waals surface area contributed by atoms with Crippen LogP contribution in [0.2, 0.25) is 0 Å². The van der Waals surface area contributed by atoms with Gasteiger partial charge in [0.1, 0.15) is 24.6 Å². The molecular formula is C13H20ClNO5. The van der Waals surface area contributed by atoms with E-state index in [4.69, 9.17) is 5.11 Å². The maximum Gasteiger partial charge on any atom is 0.139 e. The molecule has 1 aromatic rings. The van der Waals surface area contributed by atoms with Crippen molar-refractivity contribution in [2.75, 3.05) is 6.61 Å². The number of aliphatic hydroxyl groups is 4. The number of carbonyl (C=O) groups is 1. The molecule has 4 atom stereocenters. The van der Waals surface area contributed by atoms with Crippen molar-refractivity contribution >= 4 is 18.7 Å². The molecule has 0 aromatic heterocycles. The van der Waals surface area contributed by atoms with Crippen LogP contribution in [0.1, 0.15) is 5.56 Å². The Balaban J connectivity index is 0.00000361. The molecule has 0 amide bonds. The molecule has 5 N–H and O–H groups in total. The van der Waals surface area contributed by atoms with Crippen LogP contribution in [0.3, 0.4) is 0 Å². The van der Waals surface area contributed by atoms with E-state index in [1.807, 2.05) is 30.3 Å². The van der Waals surface area contributed by atoms with E-state index in [0.29, 0.717) is 12.8 Å². The number of hydrogen-bond acceptors (Lipinski definition) is 6. The zero-order valence-electron chi connectivity index (χ0n) is 10.8. The Morgan fingerprint density at radius 2 is 1.70 bits per heavy atom. The number of aldehydes is 1. The highest BCUT2D eigenvalue weighted by atomic mass is 35.5. The van der Waals surface area contributed by atoms with Gasteiger partial charge < -0.3 is 30.5 Å². The molecule has 6 nitrogen and oxygen atoms in total. The molecule has 0 aliphatic heterocycles. The summed E-state index contributed by atoms with van der Waals surface area (Å²) in [4.78, 5) is 10.9. The van der Waals surface area contributed by atoms with Crippen LogP contribution in [0, 0.1) is 0 Å². The van der Waals surface area contributed by atoms with Gasteiger partial charge in [-0.25, -0.2) is 0 Å². The van der Waals surface area contributed by atoms with E-state index in [-0.39, 0.29) is 12.4 Å². The van der Waals surface area contributed by atoms with E-state index < -0.39 is 31.0 Å². The Bertz CT molecular complexity index is 378. The van der Waals surface area contributed by atoms with Crippen LogP contribution >= 0.6 is 12.4 Å². The lowest BCUT2D eigenvalue weighted by molar-refractivity contribution is -0.120. The van der Waals surface area contributed by atoms with Gasteiger partial charge in [-0.05, 0) is 5.56 Å². The summed E-state index contributed by atoms with van der Waals surface area (Å²) < 4.78 is 0. The van der Waals surface area contributed by atoms with Crippen LogP contribution in [0.4, 0.5) is 0 Å². The highest BCUT2D eigenvalue weighted by Gasteiger charge is 2.30. The smallest absolute Gasteiger partial charge is 0.139 e. The average Bonchev–Trinajstić information content (AvgIpc) is 2.47. The molecule has 0 radical (unpaired) electrons. The molecule has 114 valence electrons. The number of halogens is 1. The molecule has 20 heavy (non-hydrogen) atoms. The van der Waals surface area contributed by atoms with E-state index in [1.54, 1.807) is 0 Å². The predicted octanol–water partition coefficient (Wildman–Crippen LogP) is -1.16. The Labute approximate surface area is 123 Å². The Hall–Kier alpha value is -1.02. The van der Waals surface area contributed by atoms with Crippen molar-refractivity contribution < 1.29 is 25.2 Å². The topological polar surface area (TPSA) is 110 Å². The van der Waals surface area contributed by atoms with Gasteiger partial charge in [0.25, 0.3) is 0 Å². The fourth-order valence-corrected chi connectivity index (χ4v) is 1.63. The molecule has 0 spiro atoms. The number of hydrogen-bond donors (Lipinski definition) is 5. The summed E-state index contributed by atoms with van der Waals surface area (Å²) in [6.07, 6.45) is -4.12. The fourth-order valence-electron chi connectivity index (χ4n) is 1.63. The van der Waals surface area contributed by atoms with Gasteiger partial charge in [-0.15, -0.1) is 12.4 Å². The van der Waals surface area contributed by atoms with E-state index in [1.165, 1.54) is 0 Å². The van der Waals surface area contributed by atoms with Gasteiger partial charge in [0.15, 0.2) is 0 Å². The molecular weight excluding hydrogens is 286 g/mol. The molecule has 0 saturated heterocycles. The second-order valence-corrected chi connectivity index (χ2v) is 4.26. The standard InChI is InChI=1S/C13H19NO5.ClH/c15-7-10(12(18)13(19)11(17)8-16)14-6-9-4-2-1-3-5-9;/h1-5,7,10-14,16-19H,6,8H2;1H/t10-,11+,12+,13+;/m0./s1. The summed E-state index contributed by atoms with van der Waals surface area (Å²) in [5.74, 6) is 0. The van der Waals surface area contributed by atoms with Crippen molar-refractivity contribution in [3.05, 3.63) is 35.9 Å². The molecule has 0 heterocycles. The fraction of sp³-hybridized carbons (Fsp3) is 0.462. The summed E-state index contributed by atoms with van der Waals surface area (Å²) in [5.41, 5.74) is 0.916. The van der Waals surface area contributed by atoms with Crippen molar-refractivity contribution in [1.82, 2.24) is 5.32 Å². The predicted molar refractivity (Wildman–Crippen MR) is 75.5 cm³/mol. The molecule has 0 bridgehead atoms. The number of rotatable bonds is 8. The Kier molecular flexibility index (Phi) is 9.32. The van der Waals surface area contributed by atoms with Gasteiger partial charge in [0.05, 0.1) is 12.6 Å². The molecule has 0 aliphatic rings. The van der Waals surface area contributed by atoms with Crippen LogP contribution in [0.5, 0.6) is 0 Å². The Morgan fingerprint density at radius 1 is 1.10 bits per heavy atom. The molecule has 0 unspecified atom stereocenters. The first-order valence-corrected chi connectivity index (χ1v) is 5.97. The van der Waals surface area contributed by atoms with Gasteiger partial charge in [0, 0.05) is 6.54 Å². The highest BCUT2D eigenvalue weighted by Crippen LogP contribution is 2.05. The summed E-state index contributed by atoms with van der Waals surface area (Å²) in [7, 11) is 0. The van der Waals surface area contributed by atoms with Crippen molar-refractivity contribution in [3.8, 4) is 0 Å². The van der Waals surface area contributed by atoms with Gasteiger partial charge in [-0.1, -0.05) is 30.3 Å². The lowest BCUT2D eigenvalue weighted by Gasteiger charge is -2.26. The molecule has 0 fully saturated rings. The minimum Gasteiger partial charge on any atom is -0.394 e. The van der Waals surface area contributed by atoms with Gasteiger partial charge in [-0.3, -0.25) is 0 Å². The zero-order chi connectivity index (χ0) is 14.3. The molecule has 0 aliphatic carbocycles. The second-order valence-electron chi connectivity index (χ2n) is 4.26. The summed E-state index contributed by atoms with van der Waals surface area (Å²) in [6.45, 7) is -0.355. The maximum absolute atomic E-state index is 10.9. The molecule has 1 rings (SSSR count). The number of carbonyl (C=O) groups excluding carboxylic acids is 1. The van der Waals surface area contributed by atoms with Crippen LogP contribution in [0.25, 0.3) is 0 Å². The molecule has 0 saturated carbocycles. The highest BCUT2D eigenvalue weighted by molar-refractivity contribution is 5.85. The first-order chi connectivity index (χ1) is 9.10. The molecule has 1 aromatic carbocycles. The van der Waals surface area contributed by atoms with Gasteiger partial charge in [0.2, 0.25) is 0 Å². The monoisotopic (exact) mass is 305 g/mol. The SMILES string of the molecule is Cl.O=C[C@H](NCc1ccccc1)[C@@H](O)[C@H](O)[C@H](O)CO. The van der Waals surface area contributed by atoms with E-state index in [9.17, 15) is 20.1 Å². The van der Waals surface area contributed by atoms with Crippen molar-refractivity contribution in [2.45, 2.75) is 30.9 Å².